The molecule has 1 aliphatic rings. The monoisotopic (exact) mass is 307 g/mol. The van der Waals surface area contributed by atoms with E-state index in [4.69, 9.17) is 14.6 Å². The van der Waals surface area contributed by atoms with E-state index in [1.54, 1.807) is 19.2 Å². The number of methoxy groups -OCH3 is 2. The van der Waals surface area contributed by atoms with E-state index < -0.39 is 5.97 Å². The number of carbonyl (C=O) groups is 2. The molecule has 2 atom stereocenters. The smallest absolute Gasteiger partial charge is 0.306 e. The molecule has 120 valence electrons. The van der Waals surface area contributed by atoms with Crippen LogP contribution in [0.2, 0.25) is 0 Å². The van der Waals surface area contributed by atoms with Gasteiger partial charge in [-0.1, -0.05) is 0 Å². The van der Waals surface area contributed by atoms with Crippen molar-refractivity contribution in [2.24, 2.45) is 5.92 Å². The molecule has 0 bridgehead atoms. The third-order valence-corrected chi connectivity index (χ3v) is 4.09. The molecule has 2 N–H and O–H groups in total. The molecule has 1 aromatic carbocycles. The summed E-state index contributed by atoms with van der Waals surface area (Å²) in [5.41, 5.74) is 1.29. The van der Waals surface area contributed by atoms with Crippen molar-refractivity contribution in [1.29, 1.82) is 0 Å². The van der Waals surface area contributed by atoms with Gasteiger partial charge in [-0.25, -0.2) is 0 Å². The Morgan fingerprint density at radius 1 is 1.18 bits per heavy atom. The highest BCUT2D eigenvalue weighted by molar-refractivity contribution is 5.96. The second-order valence-corrected chi connectivity index (χ2v) is 5.54. The van der Waals surface area contributed by atoms with Crippen LogP contribution in [-0.2, 0) is 4.79 Å². The molecule has 6 heteroatoms. The molecule has 0 aliphatic heterocycles. The zero-order valence-electron chi connectivity index (χ0n) is 13.0. The first-order chi connectivity index (χ1) is 10.5. The van der Waals surface area contributed by atoms with Crippen LogP contribution >= 0.6 is 0 Å². The first kappa shape index (κ1) is 16.1. The predicted octanol–water partition coefficient (Wildman–Crippen LogP) is 2.00. The number of aryl methyl sites for hydroxylation is 1. The average Bonchev–Trinajstić information content (AvgIpc) is 2.95. The summed E-state index contributed by atoms with van der Waals surface area (Å²) < 4.78 is 10.4. The van der Waals surface area contributed by atoms with Crippen molar-refractivity contribution in [2.45, 2.75) is 32.2 Å². The van der Waals surface area contributed by atoms with Crippen LogP contribution in [-0.4, -0.2) is 37.2 Å². The fraction of sp³-hybridized carbons (Fsp3) is 0.500. The minimum Gasteiger partial charge on any atom is -0.493 e. The topological polar surface area (TPSA) is 84.9 Å². The Morgan fingerprint density at radius 2 is 1.82 bits per heavy atom. The van der Waals surface area contributed by atoms with E-state index in [9.17, 15) is 9.59 Å². The SMILES string of the molecule is COc1cc(C)c(C(=O)N[C@H]2CC[C@@H](C(=O)O)C2)cc1OC. The summed E-state index contributed by atoms with van der Waals surface area (Å²) in [4.78, 5) is 23.4. The molecular weight excluding hydrogens is 286 g/mol. The maximum atomic E-state index is 12.4. The number of carbonyl (C=O) groups excluding carboxylic acids is 1. The molecule has 1 aliphatic carbocycles. The molecule has 1 saturated carbocycles. The first-order valence-corrected chi connectivity index (χ1v) is 7.22. The van der Waals surface area contributed by atoms with Gasteiger partial charge in [0, 0.05) is 11.6 Å². The number of carboxylic acids is 1. The number of hydrogen-bond donors (Lipinski definition) is 2. The standard InChI is InChI=1S/C16H21NO5/c1-9-6-13(21-2)14(22-3)8-12(9)15(18)17-11-5-4-10(7-11)16(19)20/h6,8,10-11H,4-5,7H2,1-3H3,(H,17,18)(H,19,20)/t10-,11+/m1/s1. The lowest BCUT2D eigenvalue weighted by Crippen LogP contribution is -2.33. The summed E-state index contributed by atoms with van der Waals surface area (Å²) in [6.45, 7) is 1.82. The van der Waals surface area contributed by atoms with Gasteiger partial charge in [0.1, 0.15) is 0 Å². The van der Waals surface area contributed by atoms with Crippen molar-refractivity contribution >= 4 is 11.9 Å². The van der Waals surface area contributed by atoms with Crippen LogP contribution in [0, 0.1) is 12.8 Å². The van der Waals surface area contributed by atoms with E-state index in [-0.39, 0.29) is 17.9 Å². The molecule has 0 unspecified atom stereocenters. The molecule has 0 radical (unpaired) electrons. The van der Waals surface area contributed by atoms with Gasteiger partial charge in [0.25, 0.3) is 5.91 Å². The van der Waals surface area contributed by atoms with Gasteiger partial charge in [-0.05, 0) is 43.9 Å². The number of nitrogens with one attached hydrogen (secondary N) is 1. The van der Waals surface area contributed by atoms with Gasteiger partial charge in [-0.2, -0.15) is 0 Å². The van der Waals surface area contributed by atoms with E-state index in [1.807, 2.05) is 6.92 Å². The van der Waals surface area contributed by atoms with Crippen molar-refractivity contribution in [3.63, 3.8) is 0 Å². The summed E-state index contributed by atoms with van der Waals surface area (Å²) in [5.74, 6) is -0.304. The Balaban J connectivity index is 2.11. The van der Waals surface area contributed by atoms with Gasteiger partial charge < -0.3 is 19.9 Å². The van der Waals surface area contributed by atoms with E-state index in [0.717, 1.165) is 5.56 Å². The molecule has 0 heterocycles. The van der Waals surface area contributed by atoms with Crippen LogP contribution < -0.4 is 14.8 Å². The molecular formula is C16H21NO5. The number of carboxylic acid groups (broad SMARTS) is 1. The second kappa shape index (κ2) is 6.68. The Morgan fingerprint density at radius 3 is 2.36 bits per heavy atom. The van der Waals surface area contributed by atoms with E-state index >= 15 is 0 Å². The van der Waals surface area contributed by atoms with Crippen LogP contribution in [0.15, 0.2) is 12.1 Å². The third-order valence-electron chi connectivity index (χ3n) is 4.09. The maximum absolute atomic E-state index is 12.4. The maximum Gasteiger partial charge on any atom is 0.306 e. The molecule has 1 amide bonds. The van der Waals surface area contributed by atoms with E-state index in [1.165, 1.54) is 7.11 Å². The van der Waals surface area contributed by atoms with Gasteiger partial charge in [0.2, 0.25) is 0 Å². The lowest BCUT2D eigenvalue weighted by molar-refractivity contribution is -0.141. The number of hydrogen-bond acceptors (Lipinski definition) is 4. The summed E-state index contributed by atoms with van der Waals surface area (Å²) in [6, 6.07) is 3.30. The summed E-state index contributed by atoms with van der Waals surface area (Å²) in [7, 11) is 3.06. The highest BCUT2D eigenvalue weighted by atomic mass is 16.5. The quantitative estimate of drug-likeness (QED) is 0.869. The molecule has 1 fully saturated rings. The van der Waals surface area contributed by atoms with Gasteiger partial charge in [0.15, 0.2) is 11.5 Å². The van der Waals surface area contributed by atoms with Gasteiger partial charge >= 0.3 is 5.97 Å². The van der Waals surface area contributed by atoms with Crippen LogP contribution in [0.4, 0.5) is 0 Å². The minimum absolute atomic E-state index is 0.0962. The van der Waals surface area contributed by atoms with Crippen LogP contribution in [0.25, 0.3) is 0 Å². The normalized spacial score (nSPS) is 20.5. The van der Waals surface area contributed by atoms with Gasteiger partial charge in [-0.15, -0.1) is 0 Å². The van der Waals surface area contributed by atoms with Crippen molar-refractivity contribution in [3.05, 3.63) is 23.3 Å². The number of benzene rings is 1. The number of ether oxygens (including phenoxy) is 2. The summed E-state index contributed by atoms with van der Waals surface area (Å²) in [5, 5.41) is 11.9. The third kappa shape index (κ3) is 3.32. The molecule has 2 rings (SSSR count). The fourth-order valence-electron chi connectivity index (χ4n) is 2.83. The molecule has 0 saturated heterocycles. The summed E-state index contributed by atoms with van der Waals surface area (Å²) >= 11 is 0. The molecule has 6 nitrogen and oxygen atoms in total. The van der Waals surface area contributed by atoms with Crippen LogP contribution in [0.5, 0.6) is 11.5 Å². The largest absolute Gasteiger partial charge is 0.493 e. The molecule has 1 aromatic rings. The lowest BCUT2D eigenvalue weighted by Gasteiger charge is -2.16. The predicted molar refractivity (Wildman–Crippen MR) is 80.5 cm³/mol. The lowest BCUT2D eigenvalue weighted by atomic mass is 10.1. The zero-order valence-corrected chi connectivity index (χ0v) is 13.0. The van der Waals surface area contributed by atoms with Crippen LogP contribution in [0.3, 0.4) is 0 Å². The Bertz CT molecular complexity index is 584. The van der Waals surface area contributed by atoms with Crippen LogP contribution in [0.1, 0.15) is 35.2 Å². The minimum atomic E-state index is -0.793. The number of aliphatic carboxylic acids is 1. The number of rotatable bonds is 5. The molecule has 0 aromatic heterocycles. The Hall–Kier alpha value is -2.24. The van der Waals surface area contributed by atoms with Crippen molar-refractivity contribution in [2.75, 3.05) is 14.2 Å². The molecule has 22 heavy (non-hydrogen) atoms. The Kier molecular flexibility index (Phi) is 4.90. The fourth-order valence-corrected chi connectivity index (χ4v) is 2.83. The second-order valence-electron chi connectivity index (χ2n) is 5.54. The average molecular weight is 307 g/mol. The highest BCUT2D eigenvalue weighted by Crippen LogP contribution is 2.31. The van der Waals surface area contributed by atoms with E-state index in [2.05, 4.69) is 5.32 Å². The van der Waals surface area contributed by atoms with Gasteiger partial charge in [-0.3, -0.25) is 9.59 Å². The van der Waals surface area contributed by atoms with Crippen molar-refractivity contribution in [3.8, 4) is 11.5 Å². The zero-order chi connectivity index (χ0) is 16.3. The van der Waals surface area contributed by atoms with Gasteiger partial charge in [0.05, 0.1) is 20.1 Å². The Labute approximate surface area is 129 Å². The van der Waals surface area contributed by atoms with Crippen molar-refractivity contribution < 1.29 is 24.2 Å². The van der Waals surface area contributed by atoms with Crippen molar-refractivity contribution in [1.82, 2.24) is 5.32 Å². The molecule has 0 spiro atoms. The van der Waals surface area contributed by atoms with E-state index in [0.29, 0.717) is 36.3 Å². The first-order valence-electron chi connectivity index (χ1n) is 7.22. The summed E-state index contributed by atoms with van der Waals surface area (Å²) in [6.07, 6.45) is 1.77. The highest BCUT2D eigenvalue weighted by Gasteiger charge is 2.31. The number of amides is 1.